The number of aliphatic hydroxyl groups is 2. The topological polar surface area (TPSA) is 60.8 Å². The molecule has 1 aromatic carbocycles. The third kappa shape index (κ3) is 3.44. The average molecular weight is 318 g/mol. The molecule has 0 bridgehead atoms. The highest BCUT2D eigenvalue weighted by Crippen LogP contribution is 2.26. The van der Waals surface area contributed by atoms with Crippen molar-refractivity contribution < 1.29 is 15.0 Å². The number of amides is 1. The van der Waals surface area contributed by atoms with Crippen LogP contribution in [0.1, 0.15) is 18.4 Å². The van der Waals surface area contributed by atoms with Crippen LogP contribution in [0.5, 0.6) is 0 Å². The fourth-order valence-corrected chi connectivity index (χ4v) is 2.95. The van der Waals surface area contributed by atoms with Gasteiger partial charge in [-0.2, -0.15) is 0 Å². The van der Waals surface area contributed by atoms with Gasteiger partial charge in [0.2, 0.25) is 5.91 Å². The molecule has 1 atom stereocenters. The molecule has 2 N–H and O–H groups in total. The number of aliphatic hydroxyl groups excluding tert-OH is 1. The Bertz CT molecular complexity index is 489. The molecule has 2 rings (SSSR count). The third-order valence-electron chi connectivity index (χ3n) is 3.59. The van der Waals surface area contributed by atoms with Crippen LogP contribution in [0.15, 0.2) is 18.2 Å². The largest absolute Gasteiger partial charge is 0.393 e. The van der Waals surface area contributed by atoms with Crippen molar-refractivity contribution >= 4 is 29.1 Å². The molecule has 1 saturated heterocycles. The number of β-amino-alcohol motifs (C(OH)–C–C–N with tert-alkyl or cyclic N) is 1. The van der Waals surface area contributed by atoms with Crippen LogP contribution in [0.2, 0.25) is 10.0 Å². The summed E-state index contributed by atoms with van der Waals surface area (Å²) in [6.07, 6.45) is 1.26. The summed E-state index contributed by atoms with van der Waals surface area (Å²) in [5.74, 6) is -0.147. The molecule has 1 fully saturated rings. The second-order valence-corrected chi connectivity index (χ2v) is 5.99. The number of hydrogen-bond acceptors (Lipinski definition) is 3. The Kier molecular flexibility index (Phi) is 4.91. The van der Waals surface area contributed by atoms with Crippen LogP contribution in [-0.4, -0.2) is 46.3 Å². The van der Waals surface area contributed by atoms with E-state index in [1.54, 1.807) is 23.1 Å². The number of rotatable bonds is 3. The van der Waals surface area contributed by atoms with Gasteiger partial charge in [-0.25, -0.2) is 0 Å². The molecule has 1 heterocycles. The number of benzene rings is 1. The van der Waals surface area contributed by atoms with E-state index < -0.39 is 5.60 Å². The van der Waals surface area contributed by atoms with Crippen LogP contribution in [-0.2, 0) is 11.2 Å². The summed E-state index contributed by atoms with van der Waals surface area (Å²) in [7, 11) is 0. The van der Waals surface area contributed by atoms with Crippen molar-refractivity contribution in [2.45, 2.75) is 24.9 Å². The maximum absolute atomic E-state index is 12.3. The van der Waals surface area contributed by atoms with Gasteiger partial charge >= 0.3 is 0 Å². The van der Waals surface area contributed by atoms with E-state index in [0.29, 0.717) is 35.0 Å². The van der Waals surface area contributed by atoms with Gasteiger partial charge in [0.05, 0.1) is 19.6 Å². The average Bonchev–Trinajstić information content (AvgIpc) is 2.43. The lowest BCUT2D eigenvalue weighted by Gasteiger charge is -2.38. The maximum Gasteiger partial charge on any atom is 0.227 e. The highest BCUT2D eigenvalue weighted by Gasteiger charge is 2.34. The van der Waals surface area contributed by atoms with E-state index in [0.717, 1.165) is 0 Å². The number of halogens is 2. The summed E-state index contributed by atoms with van der Waals surface area (Å²) in [5.41, 5.74) is -0.600. The first-order valence-electron chi connectivity index (χ1n) is 6.49. The zero-order valence-electron chi connectivity index (χ0n) is 11.0. The molecule has 0 radical (unpaired) electrons. The van der Waals surface area contributed by atoms with E-state index in [2.05, 4.69) is 0 Å². The van der Waals surface area contributed by atoms with E-state index in [1.807, 2.05) is 0 Å². The van der Waals surface area contributed by atoms with Gasteiger partial charge in [-0.05, 0) is 30.5 Å². The van der Waals surface area contributed by atoms with Gasteiger partial charge in [0.1, 0.15) is 5.60 Å². The Morgan fingerprint density at radius 3 is 2.60 bits per heavy atom. The summed E-state index contributed by atoms with van der Waals surface area (Å²) >= 11 is 12.1. The smallest absolute Gasteiger partial charge is 0.227 e. The molecule has 1 aliphatic rings. The fraction of sp³-hybridized carbons (Fsp3) is 0.500. The third-order valence-corrected chi connectivity index (χ3v) is 4.30. The molecule has 110 valence electrons. The molecule has 1 aliphatic heterocycles. The van der Waals surface area contributed by atoms with Crippen LogP contribution in [0.3, 0.4) is 0 Å². The van der Waals surface area contributed by atoms with Gasteiger partial charge in [0.15, 0.2) is 0 Å². The van der Waals surface area contributed by atoms with Crippen molar-refractivity contribution in [2.75, 3.05) is 19.7 Å². The quantitative estimate of drug-likeness (QED) is 0.895. The number of likely N-dealkylation sites (tertiary alicyclic amines) is 1. The monoisotopic (exact) mass is 317 g/mol. The Morgan fingerprint density at radius 2 is 2.00 bits per heavy atom. The van der Waals surface area contributed by atoms with Gasteiger partial charge in [0, 0.05) is 16.6 Å². The van der Waals surface area contributed by atoms with E-state index in [9.17, 15) is 15.0 Å². The van der Waals surface area contributed by atoms with Gasteiger partial charge in [-0.3, -0.25) is 4.79 Å². The minimum atomic E-state index is -1.20. The lowest BCUT2D eigenvalue weighted by atomic mass is 9.93. The molecule has 0 aliphatic carbocycles. The van der Waals surface area contributed by atoms with Crippen LogP contribution < -0.4 is 0 Å². The molecule has 1 amide bonds. The molecule has 20 heavy (non-hydrogen) atoms. The summed E-state index contributed by atoms with van der Waals surface area (Å²) in [6.45, 7) is 0.372. The van der Waals surface area contributed by atoms with E-state index >= 15 is 0 Å². The number of nitrogens with zero attached hydrogens (tertiary/aromatic N) is 1. The summed E-state index contributed by atoms with van der Waals surface area (Å²) in [4.78, 5) is 13.8. The second kappa shape index (κ2) is 6.31. The minimum Gasteiger partial charge on any atom is -0.393 e. The maximum atomic E-state index is 12.3. The number of carbonyl (C=O) groups excluding carboxylic acids is 1. The SMILES string of the molecule is O=C(Cc1c(Cl)cccc1Cl)N1CCC[C@](O)(CO)C1. The fourth-order valence-electron chi connectivity index (χ4n) is 2.42. The van der Waals surface area contributed by atoms with E-state index in [4.69, 9.17) is 23.2 Å². The molecular formula is C14H17Cl2NO3. The molecule has 4 nitrogen and oxygen atoms in total. The molecule has 0 unspecified atom stereocenters. The van der Waals surface area contributed by atoms with Crippen LogP contribution in [0.25, 0.3) is 0 Å². The lowest BCUT2D eigenvalue weighted by Crippen LogP contribution is -2.52. The molecule has 0 saturated carbocycles. The number of hydrogen-bond donors (Lipinski definition) is 2. The summed E-state index contributed by atoms with van der Waals surface area (Å²) in [5, 5.41) is 20.2. The number of piperidine rings is 1. The Hall–Kier alpha value is -0.810. The van der Waals surface area contributed by atoms with Gasteiger partial charge < -0.3 is 15.1 Å². The van der Waals surface area contributed by atoms with Crippen molar-refractivity contribution in [1.82, 2.24) is 4.90 Å². The molecular weight excluding hydrogens is 301 g/mol. The van der Waals surface area contributed by atoms with E-state index in [-0.39, 0.29) is 25.5 Å². The van der Waals surface area contributed by atoms with E-state index in [1.165, 1.54) is 0 Å². The zero-order valence-corrected chi connectivity index (χ0v) is 12.5. The van der Waals surface area contributed by atoms with Crippen molar-refractivity contribution in [1.29, 1.82) is 0 Å². The molecule has 0 spiro atoms. The highest BCUT2D eigenvalue weighted by atomic mass is 35.5. The Labute approximate surface area is 127 Å². The normalized spacial score (nSPS) is 22.9. The van der Waals surface area contributed by atoms with Crippen molar-refractivity contribution in [3.05, 3.63) is 33.8 Å². The second-order valence-electron chi connectivity index (χ2n) is 5.18. The first-order chi connectivity index (χ1) is 9.45. The first-order valence-corrected chi connectivity index (χ1v) is 7.25. The van der Waals surface area contributed by atoms with Gasteiger partial charge in [0.25, 0.3) is 0 Å². The predicted octanol–water partition coefficient (Wildman–Crippen LogP) is 1.88. The van der Waals surface area contributed by atoms with Gasteiger partial charge in [-0.15, -0.1) is 0 Å². The zero-order chi connectivity index (χ0) is 14.8. The lowest BCUT2D eigenvalue weighted by molar-refractivity contribution is -0.139. The van der Waals surface area contributed by atoms with Crippen molar-refractivity contribution in [3.8, 4) is 0 Å². The number of carbonyl (C=O) groups is 1. The molecule has 0 aromatic heterocycles. The van der Waals surface area contributed by atoms with Crippen LogP contribution >= 0.6 is 23.2 Å². The first kappa shape index (κ1) is 15.6. The highest BCUT2D eigenvalue weighted by molar-refractivity contribution is 6.36. The summed E-state index contributed by atoms with van der Waals surface area (Å²) < 4.78 is 0. The summed E-state index contributed by atoms with van der Waals surface area (Å²) in [6, 6.07) is 5.11. The Balaban J connectivity index is 2.09. The molecule has 6 heteroatoms. The predicted molar refractivity (Wildman–Crippen MR) is 78.0 cm³/mol. The van der Waals surface area contributed by atoms with Crippen LogP contribution in [0, 0.1) is 0 Å². The minimum absolute atomic E-state index is 0.0972. The van der Waals surface area contributed by atoms with Crippen LogP contribution in [0.4, 0.5) is 0 Å². The van der Waals surface area contributed by atoms with Crippen molar-refractivity contribution in [2.24, 2.45) is 0 Å². The van der Waals surface area contributed by atoms with Gasteiger partial charge in [-0.1, -0.05) is 29.3 Å². The standard InChI is InChI=1S/C14H17Cl2NO3/c15-11-3-1-4-12(16)10(11)7-13(19)17-6-2-5-14(20,8-17)9-18/h1,3-4,18,20H,2,5-9H2/t14-/m1/s1. The van der Waals surface area contributed by atoms with Crippen molar-refractivity contribution in [3.63, 3.8) is 0 Å². The molecule has 1 aromatic rings. The Morgan fingerprint density at radius 1 is 1.35 bits per heavy atom.